The van der Waals surface area contributed by atoms with Gasteiger partial charge in [-0.1, -0.05) is 30.3 Å². The number of benzene rings is 1. The highest BCUT2D eigenvalue weighted by Gasteiger charge is 2.28. The van der Waals surface area contributed by atoms with Gasteiger partial charge in [-0.2, -0.15) is 5.26 Å². The molecular weight excluding hydrogens is 316 g/mol. The fraction of sp³-hybridized carbons (Fsp3) is 0.300. The highest BCUT2D eigenvalue weighted by atomic mass is 16.5. The third-order valence-corrected chi connectivity index (χ3v) is 4.22. The van der Waals surface area contributed by atoms with Crippen LogP contribution in [-0.2, 0) is 16.1 Å². The summed E-state index contributed by atoms with van der Waals surface area (Å²) in [7, 11) is 0. The van der Waals surface area contributed by atoms with E-state index < -0.39 is 0 Å². The molecule has 0 N–H and O–H groups in total. The molecule has 5 heteroatoms. The molecule has 0 saturated carbocycles. The predicted molar refractivity (Wildman–Crippen MR) is 93.1 cm³/mol. The van der Waals surface area contributed by atoms with Gasteiger partial charge in [-0.15, -0.1) is 0 Å². The van der Waals surface area contributed by atoms with Crippen LogP contribution in [0.5, 0.6) is 0 Å². The van der Waals surface area contributed by atoms with Crippen LogP contribution >= 0.6 is 0 Å². The molecule has 128 valence electrons. The minimum absolute atomic E-state index is 0.0980. The van der Waals surface area contributed by atoms with Crippen LogP contribution in [-0.4, -0.2) is 30.5 Å². The van der Waals surface area contributed by atoms with Gasteiger partial charge in [-0.05, 0) is 24.1 Å². The average Bonchev–Trinajstić information content (AvgIpc) is 3.32. The van der Waals surface area contributed by atoms with E-state index >= 15 is 0 Å². The number of hydrogen-bond donors (Lipinski definition) is 0. The van der Waals surface area contributed by atoms with Crippen molar-refractivity contribution in [2.24, 2.45) is 5.92 Å². The van der Waals surface area contributed by atoms with Crippen LogP contribution in [0.4, 0.5) is 0 Å². The first-order valence-electron chi connectivity index (χ1n) is 8.32. The van der Waals surface area contributed by atoms with Crippen molar-refractivity contribution >= 4 is 12.0 Å². The van der Waals surface area contributed by atoms with E-state index in [4.69, 9.17) is 9.15 Å². The molecule has 0 aliphatic carbocycles. The number of rotatable bonds is 6. The first-order valence-corrected chi connectivity index (χ1v) is 8.32. The van der Waals surface area contributed by atoms with Gasteiger partial charge in [-0.3, -0.25) is 4.79 Å². The van der Waals surface area contributed by atoms with Crippen LogP contribution in [0, 0.1) is 17.2 Å². The van der Waals surface area contributed by atoms with Gasteiger partial charge in [0.2, 0.25) is 0 Å². The molecule has 0 spiro atoms. The molecule has 1 fully saturated rings. The topological polar surface area (TPSA) is 66.5 Å². The largest absolute Gasteiger partial charge is 0.465 e. The van der Waals surface area contributed by atoms with E-state index in [0.717, 1.165) is 12.0 Å². The summed E-state index contributed by atoms with van der Waals surface area (Å²) in [4.78, 5) is 14.2. The lowest BCUT2D eigenvalue weighted by Gasteiger charge is -2.16. The minimum atomic E-state index is -0.246. The maximum atomic E-state index is 12.5. The highest BCUT2D eigenvalue weighted by molar-refractivity contribution is 6.01. The zero-order chi connectivity index (χ0) is 17.5. The van der Waals surface area contributed by atoms with Crippen LogP contribution in [0.1, 0.15) is 17.7 Å². The van der Waals surface area contributed by atoms with E-state index in [9.17, 15) is 10.1 Å². The van der Waals surface area contributed by atoms with Crippen LogP contribution in [0.15, 0.2) is 58.7 Å². The molecule has 1 aromatic carbocycles. The number of ether oxygens (including phenoxy) is 1. The zero-order valence-corrected chi connectivity index (χ0v) is 13.9. The van der Waals surface area contributed by atoms with Gasteiger partial charge >= 0.3 is 0 Å². The van der Waals surface area contributed by atoms with E-state index in [2.05, 4.69) is 0 Å². The van der Waals surface area contributed by atoms with E-state index in [1.54, 1.807) is 17.0 Å². The fourth-order valence-corrected chi connectivity index (χ4v) is 2.90. The van der Waals surface area contributed by atoms with Crippen molar-refractivity contribution in [1.82, 2.24) is 4.90 Å². The van der Waals surface area contributed by atoms with Crippen molar-refractivity contribution < 1.29 is 13.9 Å². The number of likely N-dealkylation sites (tertiary alicyclic amines) is 1. The number of furan rings is 1. The van der Waals surface area contributed by atoms with Crippen LogP contribution < -0.4 is 0 Å². The highest BCUT2D eigenvalue weighted by Crippen LogP contribution is 2.20. The van der Waals surface area contributed by atoms with Crippen molar-refractivity contribution in [2.45, 2.75) is 13.0 Å². The maximum absolute atomic E-state index is 12.5. The predicted octanol–water partition coefficient (Wildman–Crippen LogP) is 3.25. The molecule has 1 aliphatic rings. The van der Waals surface area contributed by atoms with Gasteiger partial charge in [-0.25, -0.2) is 0 Å². The molecule has 1 saturated heterocycles. The standard InChI is InChI=1S/C20H20N2O3/c21-12-18(11-19-7-4-10-25-19)20(23)22-9-8-17(13-22)15-24-14-16-5-2-1-3-6-16/h1-7,10-11,17H,8-9,13-15H2/b18-11-. The summed E-state index contributed by atoms with van der Waals surface area (Å²) in [6.07, 6.45) is 3.89. The second kappa shape index (κ2) is 8.32. The SMILES string of the molecule is N#C/C(=C/c1ccco1)C(=O)N1CCC(COCc2ccccc2)C1. The molecule has 1 unspecified atom stereocenters. The summed E-state index contributed by atoms with van der Waals surface area (Å²) in [5.74, 6) is 0.563. The molecule has 2 heterocycles. The molecule has 1 amide bonds. The number of amides is 1. The summed E-state index contributed by atoms with van der Waals surface area (Å²) in [5, 5.41) is 9.26. The van der Waals surface area contributed by atoms with Gasteiger partial charge in [0.25, 0.3) is 5.91 Å². The van der Waals surface area contributed by atoms with Gasteiger partial charge in [0.05, 0.1) is 19.5 Å². The first-order chi connectivity index (χ1) is 12.3. The van der Waals surface area contributed by atoms with Crippen molar-refractivity contribution in [3.63, 3.8) is 0 Å². The second-order valence-electron chi connectivity index (χ2n) is 6.09. The molecule has 2 aromatic rings. The van der Waals surface area contributed by atoms with Crippen molar-refractivity contribution in [2.75, 3.05) is 19.7 Å². The lowest BCUT2D eigenvalue weighted by atomic mass is 10.1. The fourth-order valence-electron chi connectivity index (χ4n) is 2.90. The van der Waals surface area contributed by atoms with Gasteiger partial charge in [0.1, 0.15) is 17.4 Å². The van der Waals surface area contributed by atoms with E-state index in [1.165, 1.54) is 12.3 Å². The van der Waals surface area contributed by atoms with Gasteiger partial charge < -0.3 is 14.1 Å². The van der Waals surface area contributed by atoms with Crippen LogP contribution in [0.3, 0.4) is 0 Å². The Morgan fingerprint density at radius 2 is 2.16 bits per heavy atom. The van der Waals surface area contributed by atoms with Crippen LogP contribution in [0.2, 0.25) is 0 Å². The Morgan fingerprint density at radius 3 is 2.88 bits per heavy atom. The molecular formula is C20H20N2O3. The van der Waals surface area contributed by atoms with E-state index in [1.807, 2.05) is 36.4 Å². The Hall–Kier alpha value is -2.84. The number of hydrogen-bond acceptors (Lipinski definition) is 4. The normalized spacial score (nSPS) is 17.5. The van der Waals surface area contributed by atoms with Crippen molar-refractivity contribution in [3.05, 3.63) is 65.6 Å². The smallest absolute Gasteiger partial charge is 0.264 e. The van der Waals surface area contributed by atoms with E-state index in [0.29, 0.717) is 38.0 Å². The average molecular weight is 336 g/mol. The van der Waals surface area contributed by atoms with Crippen LogP contribution in [0.25, 0.3) is 6.08 Å². The first kappa shape index (κ1) is 17.0. The number of nitriles is 1. The summed E-state index contributed by atoms with van der Waals surface area (Å²) < 4.78 is 10.9. The Morgan fingerprint density at radius 1 is 1.32 bits per heavy atom. The molecule has 1 aromatic heterocycles. The summed E-state index contributed by atoms with van der Waals surface area (Å²) >= 11 is 0. The molecule has 5 nitrogen and oxygen atoms in total. The maximum Gasteiger partial charge on any atom is 0.264 e. The molecule has 1 aliphatic heterocycles. The molecule has 3 rings (SSSR count). The molecule has 0 bridgehead atoms. The summed E-state index contributed by atoms with van der Waals surface area (Å²) in [6, 6.07) is 15.4. The Kier molecular flexibility index (Phi) is 5.65. The number of carbonyl (C=O) groups excluding carboxylic acids is 1. The van der Waals surface area contributed by atoms with Gasteiger partial charge in [0, 0.05) is 25.1 Å². The quantitative estimate of drug-likeness (QED) is 0.600. The lowest BCUT2D eigenvalue weighted by molar-refractivity contribution is -0.125. The van der Waals surface area contributed by atoms with Gasteiger partial charge in [0.15, 0.2) is 0 Å². The summed E-state index contributed by atoms with van der Waals surface area (Å²) in [5.41, 5.74) is 1.24. The third kappa shape index (κ3) is 4.59. The second-order valence-corrected chi connectivity index (χ2v) is 6.09. The Bertz CT molecular complexity index is 760. The summed E-state index contributed by atoms with van der Waals surface area (Å²) in [6.45, 7) is 2.45. The van der Waals surface area contributed by atoms with E-state index in [-0.39, 0.29) is 11.5 Å². The number of nitrogens with zero attached hydrogens (tertiary/aromatic N) is 2. The van der Waals surface area contributed by atoms with Crippen molar-refractivity contribution in [3.8, 4) is 6.07 Å². The lowest BCUT2D eigenvalue weighted by Crippen LogP contribution is -2.30. The Labute approximate surface area is 147 Å². The molecule has 0 radical (unpaired) electrons. The number of carbonyl (C=O) groups is 1. The molecule has 25 heavy (non-hydrogen) atoms. The molecule has 1 atom stereocenters. The zero-order valence-electron chi connectivity index (χ0n) is 13.9. The Balaban J connectivity index is 1.50. The monoisotopic (exact) mass is 336 g/mol. The third-order valence-electron chi connectivity index (χ3n) is 4.22. The minimum Gasteiger partial charge on any atom is -0.465 e. The van der Waals surface area contributed by atoms with Crippen molar-refractivity contribution in [1.29, 1.82) is 5.26 Å².